The fraction of sp³-hybridized carbons (Fsp3) is 0.231. The summed E-state index contributed by atoms with van der Waals surface area (Å²) in [6, 6.07) is 22.8. The van der Waals surface area contributed by atoms with Crippen LogP contribution < -0.4 is 5.32 Å². The maximum Gasteiger partial charge on any atom is 0.224 e. The first-order valence-corrected chi connectivity index (χ1v) is 11.2. The summed E-state index contributed by atoms with van der Waals surface area (Å²) in [5.41, 5.74) is 6.67. The van der Waals surface area contributed by atoms with Crippen LogP contribution in [0.25, 0.3) is 20.8 Å². The van der Waals surface area contributed by atoms with Crippen molar-refractivity contribution in [3.63, 3.8) is 0 Å². The topological polar surface area (TPSA) is 42.0 Å². The molecule has 0 aliphatic heterocycles. The van der Waals surface area contributed by atoms with Crippen LogP contribution in [0.4, 0.5) is 5.69 Å². The van der Waals surface area contributed by atoms with Gasteiger partial charge < -0.3 is 5.32 Å². The second-order valence-electron chi connectivity index (χ2n) is 8.01. The number of nitrogens with one attached hydrogen (secondary N) is 1. The van der Waals surface area contributed by atoms with Crippen molar-refractivity contribution < 1.29 is 4.79 Å². The van der Waals surface area contributed by atoms with Crippen molar-refractivity contribution in [2.24, 2.45) is 0 Å². The minimum absolute atomic E-state index is 0.0335. The van der Waals surface area contributed by atoms with Crippen LogP contribution in [0.5, 0.6) is 0 Å². The molecule has 0 aliphatic carbocycles. The van der Waals surface area contributed by atoms with Crippen LogP contribution in [0.3, 0.4) is 0 Å². The Morgan fingerprint density at radius 1 is 1.00 bits per heavy atom. The second-order valence-corrected chi connectivity index (χ2v) is 9.04. The van der Waals surface area contributed by atoms with Crippen LogP contribution in [-0.2, 0) is 11.2 Å². The molecule has 4 aromatic rings. The average Bonchev–Trinajstić information content (AvgIpc) is 3.16. The molecule has 1 aromatic heterocycles. The highest BCUT2D eigenvalue weighted by Gasteiger charge is 2.08. The maximum atomic E-state index is 12.3. The number of carbonyl (C=O) groups excluding carboxylic acids is 1. The number of fused-ring (bicyclic) bond motifs is 1. The lowest BCUT2D eigenvalue weighted by Crippen LogP contribution is -2.12. The Hall–Kier alpha value is -2.98. The molecule has 0 spiro atoms. The standard InChI is InChI=1S/C26H26N2OS/c1-17(2)20-8-5-19(6-9-20)7-15-25(29)27-22-12-10-21(11-13-22)26-28-23-14-4-18(3)16-24(23)30-26/h4-6,8-14,16-17H,7,15H2,1-3H3,(H,27,29). The molecule has 0 saturated heterocycles. The van der Waals surface area contributed by atoms with Gasteiger partial charge in [0.2, 0.25) is 5.91 Å². The van der Waals surface area contributed by atoms with E-state index in [1.165, 1.54) is 21.4 Å². The number of benzene rings is 3. The van der Waals surface area contributed by atoms with Gasteiger partial charge in [-0.15, -0.1) is 11.3 Å². The van der Waals surface area contributed by atoms with Crippen molar-refractivity contribution in [3.8, 4) is 10.6 Å². The molecule has 0 atom stereocenters. The number of aryl methyl sites for hydroxylation is 2. The number of rotatable bonds is 6. The van der Waals surface area contributed by atoms with Crippen molar-refractivity contribution in [1.82, 2.24) is 4.98 Å². The van der Waals surface area contributed by atoms with Gasteiger partial charge in [-0.05, 0) is 72.4 Å². The van der Waals surface area contributed by atoms with Crippen molar-refractivity contribution in [2.45, 2.75) is 39.5 Å². The van der Waals surface area contributed by atoms with Gasteiger partial charge in [0.15, 0.2) is 0 Å². The number of carbonyl (C=O) groups is 1. The fourth-order valence-electron chi connectivity index (χ4n) is 3.40. The Labute approximate surface area is 181 Å². The van der Waals surface area contributed by atoms with Gasteiger partial charge >= 0.3 is 0 Å². The zero-order valence-corrected chi connectivity index (χ0v) is 18.4. The van der Waals surface area contributed by atoms with E-state index in [2.05, 4.69) is 68.6 Å². The first kappa shape index (κ1) is 20.3. The van der Waals surface area contributed by atoms with E-state index in [4.69, 9.17) is 4.98 Å². The molecule has 3 nitrogen and oxygen atoms in total. The molecule has 3 aromatic carbocycles. The molecule has 1 amide bonds. The number of thiazole rings is 1. The van der Waals surface area contributed by atoms with E-state index in [-0.39, 0.29) is 5.91 Å². The lowest BCUT2D eigenvalue weighted by molar-refractivity contribution is -0.116. The largest absolute Gasteiger partial charge is 0.326 e. The lowest BCUT2D eigenvalue weighted by Gasteiger charge is -2.08. The van der Waals surface area contributed by atoms with Gasteiger partial charge in [0.25, 0.3) is 0 Å². The summed E-state index contributed by atoms with van der Waals surface area (Å²) in [5, 5.41) is 4.00. The highest BCUT2D eigenvalue weighted by molar-refractivity contribution is 7.21. The van der Waals surface area contributed by atoms with E-state index in [0.29, 0.717) is 12.3 Å². The number of anilines is 1. The molecule has 30 heavy (non-hydrogen) atoms. The number of nitrogens with zero attached hydrogens (tertiary/aromatic N) is 1. The first-order chi connectivity index (χ1) is 14.5. The molecule has 0 radical (unpaired) electrons. The van der Waals surface area contributed by atoms with Crippen LogP contribution in [0.15, 0.2) is 66.7 Å². The molecule has 0 saturated carbocycles. The van der Waals surface area contributed by atoms with Gasteiger partial charge in [-0.3, -0.25) is 4.79 Å². The zero-order valence-electron chi connectivity index (χ0n) is 17.6. The molecule has 0 bridgehead atoms. The summed E-state index contributed by atoms with van der Waals surface area (Å²) in [6.07, 6.45) is 1.22. The van der Waals surface area contributed by atoms with Gasteiger partial charge in [0, 0.05) is 17.7 Å². The number of hydrogen-bond acceptors (Lipinski definition) is 3. The lowest BCUT2D eigenvalue weighted by atomic mass is 10.0. The van der Waals surface area contributed by atoms with Crippen LogP contribution in [0.2, 0.25) is 0 Å². The van der Waals surface area contributed by atoms with Crippen LogP contribution in [0.1, 0.15) is 42.9 Å². The van der Waals surface area contributed by atoms with Crippen molar-refractivity contribution in [1.29, 1.82) is 0 Å². The van der Waals surface area contributed by atoms with E-state index < -0.39 is 0 Å². The van der Waals surface area contributed by atoms with Gasteiger partial charge in [-0.2, -0.15) is 0 Å². The summed E-state index contributed by atoms with van der Waals surface area (Å²) in [7, 11) is 0. The fourth-order valence-corrected chi connectivity index (χ4v) is 4.47. The molecular weight excluding hydrogens is 388 g/mol. The molecule has 1 heterocycles. The maximum absolute atomic E-state index is 12.3. The Kier molecular flexibility index (Phi) is 5.96. The Morgan fingerprint density at radius 3 is 2.43 bits per heavy atom. The third kappa shape index (κ3) is 4.77. The number of hydrogen-bond donors (Lipinski definition) is 1. The summed E-state index contributed by atoms with van der Waals surface area (Å²) in [4.78, 5) is 17.1. The molecule has 0 fully saturated rings. The van der Waals surface area contributed by atoms with Gasteiger partial charge in [0.1, 0.15) is 5.01 Å². The monoisotopic (exact) mass is 414 g/mol. The predicted molar refractivity (Wildman–Crippen MR) is 127 cm³/mol. The summed E-state index contributed by atoms with van der Waals surface area (Å²) in [6.45, 7) is 6.47. The second kappa shape index (κ2) is 8.80. The van der Waals surface area contributed by atoms with Crippen LogP contribution in [0, 0.1) is 6.92 Å². The highest BCUT2D eigenvalue weighted by Crippen LogP contribution is 2.31. The van der Waals surface area contributed by atoms with Crippen molar-refractivity contribution >= 4 is 33.1 Å². The van der Waals surface area contributed by atoms with E-state index in [1.807, 2.05) is 24.3 Å². The summed E-state index contributed by atoms with van der Waals surface area (Å²) < 4.78 is 1.20. The number of amides is 1. The third-order valence-electron chi connectivity index (χ3n) is 5.25. The SMILES string of the molecule is Cc1ccc2nc(-c3ccc(NC(=O)CCc4ccc(C(C)C)cc4)cc3)sc2c1. The van der Waals surface area contributed by atoms with E-state index in [0.717, 1.165) is 28.2 Å². The smallest absolute Gasteiger partial charge is 0.224 e. The van der Waals surface area contributed by atoms with Crippen molar-refractivity contribution in [3.05, 3.63) is 83.4 Å². The Morgan fingerprint density at radius 2 is 1.73 bits per heavy atom. The van der Waals surface area contributed by atoms with Crippen molar-refractivity contribution in [2.75, 3.05) is 5.32 Å². The van der Waals surface area contributed by atoms with E-state index in [1.54, 1.807) is 11.3 Å². The molecule has 4 heteroatoms. The molecular formula is C26H26N2OS. The third-order valence-corrected chi connectivity index (χ3v) is 6.31. The van der Waals surface area contributed by atoms with E-state index in [9.17, 15) is 4.79 Å². The molecule has 0 aliphatic rings. The summed E-state index contributed by atoms with van der Waals surface area (Å²) >= 11 is 1.69. The van der Waals surface area contributed by atoms with Gasteiger partial charge in [0.05, 0.1) is 10.2 Å². The Balaban J connectivity index is 1.36. The van der Waals surface area contributed by atoms with Gasteiger partial charge in [-0.1, -0.05) is 44.2 Å². The minimum atomic E-state index is 0.0335. The quantitative estimate of drug-likeness (QED) is 0.370. The van der Waals surface area contributed by atoms with Crippen LogP contribution >= 0.6 is 11.3 Å². The predicted octanol–water partition coefficient (Wildman–Crippen LogP) is 6.97. The Bertz CT molecular complexity index is 1160. The molecule has 1 N–H and O–H groups in total. The number of aromatic nitrogens is 1. The van der Waals surface area contributed by atoms with E-state index >= 15 is 0 Å². The van der Waals surface area contributed by atoms with Crippen LogP contribution in [-0.4, -0.2) is 10.9 Å². The minimum Gasteiger partial charge on any atom is -0.326 e. The molecule has 4 rings (SSSR count). The summed E-state index contributed by atoms with van der Waals surface area (Å²) in [5.74, 6) is 0.559. The average molecular weight is 415 g/mol. The first-order valence-electron chi connectivity index (χ1n) is 10.3. The normalized spacial score (nSPS) is 11.2. The zero-order chi connectivity index (χ0) is 21.1. The van der Waals surface area contributed by atoms with Gasteiger partial charge in [-0.25, -0.2) is 4.98 Å². The highest BCUT2D eigenvalue weighted by atomic mass is 32.1. The molecule has 0 unspecified atom stereocenters. The molecule has 152 valence electrons.